The van der Waals surface area contributed by atoms with Gasteiger partial charge in [0.05, 0.1) is 11.7 Å². The van der Waals surface area contributed by atoms with Crippen LogP contribution in [0.4, 0.5) is 0 Å². The van der Waals surface area contributed by atoms with E-state index in [1.165, 1.54) is 13.8 Å². The molecule has 0 fully saturated rings. The quantitative estimate of drug-likeness (QED) is 0.483. The Hall–Kier alpha value is -1.69. The van der Waals surface area contributed by atoms with E-state index in [2.05, 4.69) is 19.2 Å². The van der Waals surface area contributed by atoms with Gasteiger partial charge in [0.25, 0.3) is 0 Å². The number of carbonyl (C=O) groups is 2. The third-order valence-electron chi connectivity index (χ3n) is 4.35. The predicted molar refractivity (Wildman–Crippen MR) is 101 cm³/mol. The maximum Gasteiger partial charge on any atom is 0.325 e. The molecule has 0 aliphatic rings. The van der Waals surface area contributed by atoms with Crippen molar-refractivity contribution in [3.8, 4) is 0 Å². The number of aliphatic carboxylic acids is 1. The van der Waals surface area contributed by atoms with Gasteiger partial charge in [-0.25, -0.2) is 0 Å². The predicted octanol–water partition coefficient (Wildman–Crippen LogP) is 2.13. The molecule has 0 bridgehead atoms. The van der Waals surface area contributed by atoms with Gasteiger partial charge in [-0.05, 0) is 37.3 Å². The maximum absolute atomic E-state index is 12.5. The van der Waals surface area contributed by atoms with Crippen molar-refractivity contribution in [3.05, 3.63) is 35.4 Å². The van der Waals surface area contributed by atoms with Crippen molar-refractivity contribution in [2.45, 2.75) is 51.9 Å². The molecule has 1 rings (SSSR count). The number of rotatable bonds is 9. The summed E-state index contributed by atoms with van der Waals surface area (Å²) in [7, 11) is -3.73. The molecule has 1 aromatic rings. The summed E-state index contributed by atoms with van der Waals surface area (Å²) in [6.07, 6.45) is -0.0669. The average molecular weight is 384 g/mol. The molecule has 0 aromatic heterocycles. The second-order valence-corrected chi connectivity index (χ2v) is 9.74. The molecule has 0 saturated heterocycles. The number of hydrogen-bond donors (Lipinski definition) is 4. The molecule has 8 heteroatoms. The van der Waals surface area contributed by atoms with Gasteiger partial charge in [0, 0.05) is 6.16 Å². The van der Waals surface area contributed by atoms with Crippen LogP contribution in [-0.2, 0) is 20.6 Å². The number of carboxylic acids is 1. The van der Waals surface area contributed by atoms with Crippen molar-refractivity contribution in [1.29, 1.82) is 0 Å². The zero-order valence-corrected chi connectivity index (χ0v) is 16.6. The molecule has 0 aliphatic heterocycles. The van der Waals surface area contributed by atoms with E-state index in [0.717, 1.165) is 11.1 Å². The monoisotopic (exact) mass is 384 g/mol. The molecule has 0 spiro atoms. The van der Waals surface area contributed by atoms with Crippen LogP contribution in [0, 0.1) is 5.92 Å². The number of nitrogens with two attached hydrogens (primary N) is 1. The van der Waals surface area contributed by atoms with Crippen LogP contribution in [-0.4, -0.2) is 39.9 Å². The SMILES string of the molecule is CC(C)c1ccc(C[C@H](CP(=O)(O)C(C)N)C(=O)N[C@@H](C)C(=O)O)cc1. The third-order valence-corrected chi connectivity index (χ3v) is 6.58. The van der Waals surface area contributed by atoms with E-state index in [0.29, 0.717) is 5.92 Å². The Morgan fingerprint density at radius 2 is 1.69 bits per heavy atom. The Labute approximate surface area is 154 Å². The highest BCUT2D eigenvalue weighted by atomic mass is 31.2. The number of carboxylic acid groups (broad SMARTS) is 1. The van der Waals surface area contributed by atoms with E-state index < -0.39 is 37.0 Å². The molecule has 26 heavy (non-hydrogen) atoms. The van der Waals surface area contributed by atoms with Gasteiger partial charge in [-0.1, -0.05) is 38.1 Å². The fraction of sp³-hybridized carbons (Fsp3) is 0.556. The van der Waals surface area contributed by atoms with Gasteiger partial charge in [0.1, 0.15) is 6.04 Å². The molecule has 0 radical (unpaired) electrons. The molecule has 4 atom stereocenters. The van der Waals surface area contributed by atoms with E-state index in [4.69, 9.17) is 10.8 Å². The van der Waals surface area contributed by atoms with Gasteiger partial charge >= 0.3 is 5.97 Å². The lowest BCUT2D eigenvalue weighted by atomic mass is 9.96. The van der Waals surface area contributed by atoms with Crippen LogP contribution >= 0.6 is 7.37 Å². The van der Waals surface area contributed by atoms with Gasteiger partial charge in [0.2, 0.25) is 13.3 Å². The summed E-state index contributed by atoms with van der Waals surface area (Å²) < 4.78 is 12.3. The Morgan fingerprint density at radius 1 is 1.15 bits per heavy atom. The largest absolute Gasteiger partial charge is 0.480 e. The highest BCUT2D eigenvalue weighted by molar-refractivity contribution is 7.58. The van der Waals surface area contributed by atoms with Crippen LogP contribution in [0.15, 0.2) is 24.3 Å². The number of benzene rings is 1. The Balaban J connectivity index is 3.01. The molecule has 1 amide bonds. The molecule has 2 unspecified atom stereocenters. The molecular formula is C18H29N2O5P. The van der Waals surface area contributed by atoms with Crippen molar-refractivity contribution >= 4 is 19.2 Å². The summed E-state index contributed by atoms with van der Waals surface area (Å²) in [5.41, 5.74) is 7.56. The van der Waals surface area contributed by atoms with Crippen LogP contribution in [0.1, 0.15) is 44.7 Å². The molecule has 0 saturated carbocycles. The Bertz CT molecular complexity index is 673. The minimum absolute atomic E-state index is 0.230. The average Bonchev–Trinajstić information content (AvgIpc) is 2.54. The van der Waals surface area contributed by atoms with Crippen molar-refractivity contribution in [3.63, 3.8) is 0 Å². The second-order valence-electron chi connectivity index (χ2n) is 7.04. The van der Waals surface area contributed by atoms with Crippen LogP contribution in [0.2, 0.25) is 0 Å². The topological polar surface area (TPSA) is 130 Å². The first-order valence-electron chi connectivity index (χ1n) is 8.63. The van der Waals surface area contributed by atoms with Gasteiger partial charge in [-0.15, -0.1) is 0 Å². The van der Waals surface area contributed by atoms with Gasteiger partial charge in [-0.3, -0.25) is 14.2 Å². The van der Waals surface area contributed by atoms with Crippen LogP contribution in [0.25, 0.3) is 0 Å². The van der Waals surface area contributed by atoms with Crippen LogP contribution in [0.3, 0.4) is 0 Å². The minimum Gasteiger partial charge on any atom is -0.480 e. The maximum atomic E-state index is 12.5. The molecule has 146 valence electrons. The van der Waals surface area contributed by atoms with Gasteiger partial charge in [-0.2, -0.15) is 0 Å². The summed E-state index contributed by atoms with van der Waals surface area (Å²) in [4.78, 5) is 33.5. The molecule has 1 aromatic carbocycles. The number of hydrogen-bond acceptors (Lipinski definition) is 4. The molecule has 0 aliphatic carbocycles. The number of nitrogens with one attached hydrogen (secondary N) is 1. The van der Waals surface area contributed by atoms with Gasteiger partial charge in [0.15, 0.2) is 0 Å². The first-order valence-corrected chi connectivity index (χ1v) is 10.5. The minimum atomic E-state index is -3.73. The molecular weight excluding hydrogens is 355 g/mol. The summed E-state index contributed by atoms with van der Waals surface area (Å²) in [6, 6.07) is 6.59. The lowest BCUT2D eigenvalue weighted by Gasteiger charge is -2.23. The highest BCUT2D eigenvalue weighted by Gasteiger charge is 2.33. The highest BCUT2D eigenvalue weighted by Crippen LogP contribution is 2.45. The van der Waals surface area contributed by atoms with E-state index in [-0.39, 0.29) is 12.6 Å². The van der Waals surface area contributed by atoms with Gasteiger partial charge < -0.3 is 21.1 Å². The zero-order chi connectivity index (χ0) is 20.1. The van der Waals surface area contributed by atoms with E-state index in [9.17, 15) is 19.0 Å². The van der Waals surface area contributed by atoms with Crippen LogP contribution in [0.5, 0.6) is 0 Å². The van der Waals surface area contributed by atoms with Crippen molar-refractivity contribution < 1.29 is 24.2 Å². The Morgan fingerprint density at radius 3 is 2.12 bits per heavy atom. The molecule has 7 nitrogen and oxygen atoms in total. The zero-order valence-electron chi connectivity index (χ0n) is 15.7. The van der Waals surface area contributed by atoms with Crippen molar-refractivity contribution in [2.24, 2.45) is 11.7 Å². The summed E-state index contributed by atoms with van der Waals surface area (Å²) in [5, 5.41) is 11.3. The summed E-state index contributed by atoms with van der Waals surface area (Å²) >= 11 is 0. The number of carbonyl (C=O) groups excluding carboxylic acids is 1. The fourth-order valence-corrected chi connectivity index (χ4v) is 3.70. The van der Waals surface area contributed by atoms with Crippen molar-refractivity contribution in [1.82, 2.24) is 5.32 Å². The second kappa shape index (κ2) is 9.31. The normalized spacial score (nSPS) is 17.2. The summed E-state index contributed by atoms with van der Waals surface area (Å²) in [6.45, 7) is 6.91. The Kier molecular flexibility index (Phi) is 8.00. The summed E-state index contributed by atoms with van der Waals surface area (Å²) in [5.74, 6) is -3.17. The fourth-order valence-electron chi connectivity index (χ4n) is 2.44. The molecule has 0 heterocycles. The lowest BCUT2D eigenvalue weighted by Crippen LogP contribution is -2.43. The van der Waals surface area contributed by atoms with Crippen molar-refractivity contribution in [2.75, 3.05) is 6.16 Å². The molecule has 5 N–H and O–H groups in total. The lowest BCUT2D eigenvalue weighted by molar-refractivity contribution is -0.141. The third kappa shape index (κ3) is 6.56. The number of amides is 1. The van der Waals surface area contributed by atoms with E-state index in [1.54, 1.807) is 0 Å². The van der Waals surface area contributed by atoms with E-state index in [1.807, 2.05) is 24.3 Å². The first kappa shape index (κ1) is 22.4. The van der Waals surface area contributed by atoms with E-state index >= 15 is 0 Å². The smallest absolute Gasteiger partial charge is 0.325 e. The van der Waals surface area contributed by atoms with Crippen LogP contribution < -0.4 is 11.1 Å². The standard InChI is InChI=1S/C18H29N2O5P/c1-11(2)15-7-5-14(6-8-15)9-16(10-26(24,25)13(4)19)17(21)20-12(3)18(22)23/h5-8,11-13,16H,9-10,19H2,1-4H3,(H,20,21)(H,22,23)(H,24,25)/t12-,13?,16+/m0/s1. The first-order chi connectivity index (χ1) is 11.9.